The summed E-state index contributed by atoms with van der Waals surface area (Å²) in [6, 6.07) is 6.33. The molecule has 0 fully saturated rings. The van der Waals surface area contributed by atoms with Gasteiger partial charge >= 0.3 is 0 Å². The number of alkyl halides is 1. The Hall–Kier alpha value is -0.830. The Balaban J connectivity index is 2.80. The fourth-order valence-electron chi connectivity index (χ4n) is 1.72. The zero-order chi connectivity index (χ0) is 12.3. The van der Waals surface area contributed by atoms with Crippen LogP contribution >= 0.6 is 15.9 Å². The first kappa shape index (κ1) is 13.2. The molecule has 1 rings (SSSR count). The minimum Gasteiger partial charge on any atom is -0.349 e. The molecular weight excluding hydrogens is 266 g/mol. The Bertz CT molecular complexity index is 388. The summed E-state index contributed by atoms with van der Waals surface area (Å²) in [6.45, 7) is 7.97. The molecular formula is C13H18BrNO. The third-order valence-electron chi connectivity index (χ3n) is 2.61. The van der Waals surface area contributed by atoms with Crippen molar-refractivity contribution in [3.05, 3.63) is 34.9 Å². The molecule has 0 heterocycles. The predicted octanol–water partition coefficient (Wildman–Crippen LogP) is 3.26. The minimum absolute atomic E-state index is 0.0208. The number of halogens is 1. The van der Waals surface area contributed by atoms with Gasteiger partial charge in [0.1, 0.15) is 0 Å². The summed E-state index contributed by atoms with van der Waals surface area (Å²) in [4.78, 5) is 11.4. The Morgan fingerprint density at radius 1 is 1.31 bits per heavy atom. The van der Waals surface area contributed by atoms with Crippen molar-refractivity contribution in [1.82, 2.24) is 5.32 Å². The highest BCUT2D eigenvalue weighted by molar-refractivity contribution is 9.10. The number of nitrogens with one attached hydrogen (secondary N) is 1. The third-order valence-corrected chi connectivity index (χ3v) is 3.03. The molecule has 1 aromatic carbocycles. The summed E-state index contributed by atoms with van der Waals surface area (Å²) in [5.74, 6) is 0.0208. The van der Waals surface area contributed by atoms with Crippen LogP contribution in [0.4, 0.5) is 0 Å². The number of amides is 1. The number of carbonyl (C=O) groups is 1. The molecule has 2 unspecified atom stereocenters. The number of carbonyl (C=O) groups excluding carboxylic acids is 1. The number of hydrogen-bond donors (Lipinski definition) is 1. The first-order chi connectivity index (χ1) is 7.41. The van der Waals surface area contributed by atoms with Crippen LogP contribution in [0.3, 0.4) is 0 Å². The molecule has 2 atom stereocenters. The van der Waals surface area contributed by atoms with Crippen LogP contribution in [-0.4, -0.2) is 10.7 Å². The maximum Gasteiger partial charge on any atom is 0.233 e. The lowest BCUT2D eigenvalue weighted by Gasteiger charge is -2.17. The van der Waals surface area contributed by atoms with E-state index in [1.165, 1.54) is 16.7 Å². The lowest BCUT2D eigenvalue weighted by atomic mass is 10.0. The molecule has 0 bridgehead atoms. The molecule has 16 heavy (non-hydrogen) atoms. The smallest absolute Gasteiger partial charge is 0.233 e. The summed E-state index contributed by atoms with van der Waals surface area (Å²) in [5, 5.41) is 2.97. The van der Waals surface area contributed by atoms with Crippen LogP contribution in [0.2, 0.25) is 0 Å². The summed E-state index contributed by atoms with van der Waals surface area (Å²) < 4.78 is 0. The van der Waals surface area contributed by atoms with Gasteiger partial charge < -0.3 is 5.32 Å². The number of rotatable bonds is 3. The molecule has 1 aromatic rings. The van der Waals surface area contributed by atoms with Gasteiger partial charge in [0.2, 0.25) is 5.91 Å². The van der Waals surface area contributed by atoms with E-state index in [0.29, 0.717) is 0 Å². The molecule has 0 saturated heterocycles. The van der Waals surface area contributed by atoms with Gasteiger partial charge in [0.25, 0.3) is 0 Å². The van der Waals surface area contributed by atoms with E-state index >= 15 is 0 Å². The number of aryl methyl sites for hydroxylation is 2. The van der Waals surface area contributed by atoms with E-state index in [9.17, 15) is 4.79 Å². The Morgan fingerprint density at radius 3 is 2.44 bits per heavy atom. The summed E-state index contributed by atoms with van der Waals surface area (Å²) >= 11 is 3.26. The van der Waals surface area contributed by atoms with Crippen molar-refractivity contribution in [2.24, 2.45) is 0 Å². The second-order valence-electron chi connectivity index (χ2n) is 4.21. The van der Waals surface area contributed by atoms with Gasteiger partial charge in [0, 0.05) is 0 Å². The van der Waals surface area contributed by atoms with E-state index in [-0.39, 0.29) is 16.8 Å². The van der Waals surface area contributed by atoms with E-state index in [4.69, 9.17) is 0 Å². The quantitative estimate of drug-likeness (QED) is 0.848. The highest BCUT2D eigenvalue weighted by Gasteiger charge is 2.14. The van der Waals surface area contributed by atoms with Crippen molar-refractivity contribution in [3.8, 4) is 0 Å². The van der Waals surface area contributed by atoms with Crippen molar-refractivity contribution in [2.45, 2.75) is 38.6 Å². The van der Waals surface area contributed by atoms with Crippen molar-refractivity contribution < 1.29 is 4.79 Å². The predicted molar refractivity (Wildman–Crippen MR) is 70.9 cm³/mol. The maximum absolute atomic E-state index is 11.5. The molecule has 0 aliphatic heterocycles. The molecule has 0 saturated carbocycles. The second-order valence-corrected chi connectivity index (χ2v) is 5.58. The molecule has 0 aromatic heterocycles. The molecule has 0 radical (unpaired) electrons. The Labute approximate surface area is 106 Å². The lowest BCUT2D eigenvalue weighted by molar-refractivity contribution is -0.120. The van der Waals surface area contributed by atoms with Gasteiger partial charge in [-0.15, -0.1) is 0 Å². The van der Waals surface area contributed by atoms with E-state index in [1.807, 2.05) is 13.8 Å². The average molecular weight is 284 g/mol. The van der Waals surface area contributed by atoms with Crippen molar-refractivity contribution in [2.75, 3.05) is 0 Å². The zero-order valence-electron chi connectivity index (χ0n) is 10.2. The first-order valence-corrected chi connectivity index (χ1v) is 6.35. The van der Waals surface area contributed by atoms with Crippen LogP contribution in [0.25, 0.3) is 0 Å². The number of benzene rings is 1. The van der Waals surface area contributed by atoms with E-state index in [0.717, 1.165) is 0 Å². The van der Waals surface area contributed by atoms with E-state index < -0.39 is 0 Å². The summed E-state index contributed by atoms with van der Waals surface area (Å²) in [6.07, 6.45) is 0. The second kappa shape index (κ2) is 5.48. The Kier molecular flexibility index (Phi) is 4.54. The molecule has 0 spiro atoms. The molecule has 0 aliphatic rings. The average Bonchev–Trinajstić information content (AvgIpc) is 2.16. The Morgan fingerprint density at radius 2 is 1.94 bits per heavy atom. The van der Waals surface area contributed by atoms with Gasteiger partial charge in [-0.2, -0.15) is 0 Å². The third kappa shape index (κ3) is 3.34. The van der Waals surface area contributed by atoms with E-state index in [1.54, 1.807) is 0 Å². The van der Waals surface area contributed by atoms with Crippen LogP contribution in [0.5, 0.6) is 0 Å². The normalized spacial score (nSPS) is 14.3. The van der Waals surface area contributed by atoms with Crippen molar-refractivity contribution in [1.29, 1.82) is 0 Å². The molecule has 1 amide bonds. The monoisotopic (exact) mass is 283 g/mol. The van der Waals surface area contributed by atoms with Crippen molar-refractivity contribution in [3.63, 3.8) is 0 Å². The molecule has 1 N–H and O–H groups in total. The zero-order valence-corrected chi connectivity index (χ0v) is 11.8. The van der Waals surface area contributed by atoms with Crippen LogP contribution in [0.15, 0.2) is 18.2 Å². The SMILES string of the molecule is Cc1ccc(C(C)NC(=O)C(C)Br)c(C)c1. The standard InChI is InChI=1S/C13H18BrNO/c1-8-5-6-12(9(2)7-8)11(4)15-13(16)10(3)14/h5-7,10-11H,1-4H3,(H,15,16). The van der Waals surface area contributed by atoms with E-state index in [2.05, 4.69) is 53.3 Å². The largest absolute Gasteiger partial charge is 0.349 e. The summed E-state index contributed by atoms with van der Waals surface area (Å²) in [5.41, 5.74) is 3.63. The van der Waals surface area contributed by atoms with Gasteiger partial charge in [-0.25, -0.2) is 0 Å². The van der Waals surface area contributed by atoms with Gasteiger partial charge in [0.15, 0.2) is 0 Å². The molecule has 0 aliphatic carbocycles. The van der Waals surface area contributed by atoms with Gasteiger partial charge in [-0.3, -0.25) is 4.79 Å². The maximum atomic E-state index is 11.5. The summed E-state index contributed by atoms with van der Waals surface area (Å²) in [7, 11) is 0. The lowest BCUT2D eigenvalue weighted by Crippen LogP contribution is -2.32. The van der Waals surface area contributed by atoms with Crippen LogP contribution in [-0.2, 0) is 4.79 Å². The molecule has 3 heteroatoms. The van der Waals surface area contributed by atoms with Crippen molar-refractivity contribution >= 4 is 21.8 Å². The van der Waals surface area contributed by atoms with Crippen LogP contribution in [0.1, 0.15) is 36.6 Å². The fraction of sp³-hybridized carbons (Fsp3) is 0.462. The van der Waals surface area contributed by atoms with Gasteiger partial charge in [-0.1, -0.05) is 39.7 Å². The topological polar surface area (TPSA) is 29.1 Å². The highest BCUT2D eigenvalue weighted by atomic mass is 79.9. The van der Waals surface area contributed by atoms with Gasteiger partial charge in [-0.05, 0) is 38.8 Å². The van der Waals surface area contributed by atoms with Gasteiger partial charge in [0.05, 0.1) is 10.9 Å². The first-order valence-electron chi connectivity index (χ1n) is 5.43. The van der Waals surface area contributed by atoms with Crippen LogP contribution < -0.4 is 5.32 Å². The minimum atomic E-state index is -0.152. The highest BCUT2D eigenvalue weighted by Crippen LogP contribution is 2.18. The molecule has 88 valence electrons. The number of hydrogen-bond acceptors (Lipinski definition) is 1. The fourth-order valence-corrected chi connectivity index (χ4v) is 1.85. The van der Waals surface area contributed by atoms with Crippen LogP contribution in [0, 0.1) is 13.8 Å². The molecule has 2 nitrogen and oxygen atoms in total.